The monoisotopic (exact) mass is 462 g/mol. The number of nitrogens with one attached hydrogen (secondary N) is 1. The van der Waals surface area contributed by atoms with Gasteiger partial charge >= 0.3 is 0 Å². The Morgan fingerprint density at radius 2 is 1.91 bits per heavy atom. The van der Waals surface area contributed by atoms with Crippen LogP contribution in [-0.4, -0.2) is 26.4 Å². The van der Waals surface area contributed by atoms with Gasteiger partial charge in [0.15, 0.2) is 5.16 Å². The highest BCUT2D eigenvalue weighted by molar-refractivity contribution is 7.99. The van der Waals surface area contributed by atoms with Gasteiger partial charge in [-0.1, -0.05) is 65.9 Å². The minimum absolute atomic E-state index is 0.00560. The summed E-state index contributed by atoms with van der Waals surface area (Å²) in [6.07, 6.45) is 0.670. The number of nitrogens with zero attached hydrogens (tertiary/aromatic N) is 3. The molecule has 1 N–H and O–H groups in total. The van der Waals surface area contributed by atoms with E-state index in [1.165, 1.54) is 22.9 Å². The van der Waals surface area contributed by atoms with Gasteiger partial charge in [0, 0.05) is 11.3 Å². The molecule has 2 heterocycles. The lowest BCUT2D eigenvalue weighted by Crippen LogP contribution is -2.27. The van der Waals surface area contributed by atoms with Crippen molar-refractivity contribution in [2.75, 3.05) is 5.75 Å². The summed E-state index contributed by atoms with van der Waals surface area (Å²) in [5.41, 5.74) is 4.57. The molecular weight excluding hydrogens is 436 g/mol. The van der Waals surface area contributed by atoms with Crippen LogP contribution in [0.3, 0.4) is 0 Å². The number of hydrogen-bond donors (Lipinski definition) is 1. The van der Waals surface area contributed by atoms with Crippen molar-refractivity contribution in [3.63, 3.8) is 0 Å². The molecule has 7 heteroatoms. The van der Waals surface area contributed by atoms with Crippen LogP contribution in [0.15, 0.2) is 71.2 Å². The molecule has 2 aromatic carbocycles. The van der Waals surface area contributed by atoms with Crippen molar-refractivity contribution in [2.45, 2.75) is 38.4 Å². The number of rotatable bonds is 8. The van der Waals surface area contributed by atoms with Crippen molar-refractivity contribution in [1.29, 1.82) is 0 Å². The zero-order valence-electron chi connectivity index (χ0n) is 18.4. The quantitative estimate of drug-likeness (QED) is 0.351. The van der Waals surface area contributed by atoms with E-state index in [2.05, 4.69) is 64.3 Å². The first-order valence-corrected chi connectivity index (χ1v) is 12.4. The molecule has 0 fully saturated rings. The van der Waals surface area contributed by atoms with Gasteiger partial charge in [-0.15, -0.1) is 21.5 Å². The topological polar surface area (TPSA) is 59.8 Å². The van der Waals surface area contributed by atoms with Crippen LogP contribution >= 0.6 is 23.1 Å². The van der Waals surface area contributed by atoms with E-state index in [1.807, 2.05) is 42.6 Å². The van der Waals surface area contributed by atoms with Crippen LogP contribution in [0.4, 0.5) is 0 Å². The molecule has 0 radical (unpaired) electrons. The van der Waals surface area contributed by atoms with E-state index in [0.717, 1.165) is 27.1 Å². The molecule has 1 unspecified atom stereocenters. The molecule has 0 aliphatic rings. The first-order chi connectivity index (χ1) is 15.5. The molecule has 164 valence electrons. The Kier molecular flexibility index (Phi) is 7.07. The van der Waals surface area contributed by atoms with Crippen LogP contribution in [-0.2, 0) is 11.2 Å². The third kappa shape index (κ3) is 5.29. The zero-order chi connectivity index (χ0) is 22.5. The fraction of sp³-hybridized carbons (Fsp3) is 0.240. The largest absolute Gasteiger partial charge is 0.348 e. The van der Waals surface area contributed by atoms with Gasteiger partial charge < -0.3 is 5.32 Å². The van der Waals surface area contributed by atoms with Crippen molar-refractivity contribution in [2.24, 2.45) is 0 Å². The van der Waals surface area contributed by atoms with Crippen LogP contribution in [0.25, 0.3) is 5.69 Å². The van der Waals surface area contributed by atoms with Crippen LogP contribution in [0, 0.1) is 13.8 Å². The normalized spacial score (nSPS) is 12.0. The van der Waals surface area contributed by atoms with Crippen LogP contribution in [0.1, 0.15) is 40.4 Å². The summed E-state index contributed by atoms with van der Waals surface area (Å²) in [5, 5.41) is 14.8. The standard InChI is InChI=1S/C25H26N4OS2/c1-17-11-12-21(18(2)14-17)29-23(15-20-8-5-4-6-9-20)27-28-25(29)32-16-24(30)26-19(3)22-10-7-13-31-22/h4-14,19H,15-16H2,1-3H3,(H,26,30). The van der Waals surface area contributed by atoms with E-state index in [0.29, 0.717) is 6.42 Å². The summed E-state index contributed by atoms with van der Waals surface area (Å²) in [6.45, 7) is 6.19. The first kappa shape index (κ1) is 22.3. The highest BCUT2D eigenvalue weighted by atomic mass is 32.2. The van der Waals surface area contributed by atoms with Crippen molar-refractivity contribution in [3.05, 3.63) is 93.4 Å². The number of aromatic nitrogens is 3. The van der Waals surface area contributed by atoms with Crippen LogP contribution in [0.5, 0.6) is 0 Å². The van der Waals surface area contributed by atoms with Gasteiger partial charge in [0.1, 0.15) is 5.82 Å². The SMILES string of the molecule is Cc1ccc(-n2c(Cc3ccccc3)nnc2SCC(=O)NC(C)c2cccs2)c(C)c1. The number of carbonyl (C=O) groups excluding carboxylic acids is 1. The van der Waals surface area contributed by atoms with Gasteiger partial charge in [-0.05, 0) is 49.4 Å². The van der Waals surface area contributed by atoms with Crippen molar-refractivity contribution in [1.82, 2.24) is 20.1 Å². The third-order valence-electron chi connectivity index (χ3n) is 5.18. The van der Waals surface area contributed by atoms with Gasteiger partial charge in [-0.2, -0.15) is 0 Å². The lowest BCUT2D eigenvalue weighted by molar-refractivity contribution is -0.119. The average Bonchev–Trinajstić information content (AvgIpc) is 3.44. The third-order valence-corrected chi connectivity index (χ3v) is 7.16. The Balaban J connectivity index is 1.56. The molecule has 0 saturated heterocycles. The molecule has 5 nitrogen and oxygen atoms in total. The van der Waals surface area contributed by atoms with E-state index in [1.54, 1.807) is 11.3 Å². The van der Waals surface area contributed by atoms with E-state index in [4.69, 9.17) is 0 Å². The Bertz CT molecular complexity index is 1190. The molecule has 1 atom stereocenters. The van der Waals surface area contributed by atoms with Crippen LogP contribution in [0.2, 0.25) is 0 Å². The van der Waals surface area contributed by atoms with Gasteiger partial charge in [0.05, 0.1) is 17.5 Å². The van der Waals surface area contributed by atoms with Gasteiger partial charge in [0.25, 0.3) is 0 Å². The lowest BCUT2D eigenvalue weighted by atomic mass is 10.1. The van der Waals surface area contributed by atoms with Crippen molar-refractivity contribution >= 4 is 29.0 Å². The molecule has 0 bridgehead atoms. The van der Waals surface area contributed by atoms with E-state index < -0.39 is 0 Å². The molecule has 32 heavy (non-hydrogen) atoms. The zero-order valence-corrected chi connectivity index (χ0v) is 20.0. The molecule has 0 aliphatic heterocycles. The second-order valence-electron chi connectivity index (χ2n) is 7.78. The lowest BCUT2D eigenvalue weighted by Gasteiger charge is -2.14. The number of hydrogen-bond acceptors (Lipinski definition) is 5. The molecule has 0 spiro atoms. The summed E-state index contributed by atoms with van der Waals surface area (Å²) >= 11 is 3.06. The number of carbonyl (C=O) groups is 1. The minimum Gasteiger partial charge on any atom is -0.348 e. The molecule has 1 amide bonds. The predicted molar refractivity (Wildman–Crippen MR) is 132 cm³/mol. The fourth-order valence-corrected chi connectivity index (χ4v) is 5.12. The van der Waals surface area contributed by atoms with Crippen molar-refractivity contribution < 1.29 is 4.79 Å². The molecule has 0 saturated carbocycles. The molecule has 4 aromatic rings. The Morgan fingerprint density at radius 1 is 1.09 bits per heavy atom. The maximum absolute atomic E-state index is 12.6. The summed E-state index contributed by atoms with van der Waals surface area (Å²) < 4.78 is 2.09. The predicted octanol–water partition coefficient (Wildman–Crippen LogP) is 5.51. The maximum Gasteiger partial charge on any atom is 0.230 e. The fourth-order valence-electron chi connectivity index (χ4n) is 3.61. The first-order valence-electron chi connectivity index (χ1n) is 10.5. The Morgan fingerprint density at radius 3 is 2.62 bits per heavy atom. The summed E-state index contributed by atoms with van der Waals surface area (Å²) in [6, 6.07) is 20.6. The molecular formula is C25H26N4OS2. The van der Waals surface area contributed by atoms with Crippen LogP contribution < -0.4 is 5.32 Å². The molecule has 4 rings (SSSR count). The average molecular weight is 463 g/mol. The summed E-state index contributed by atoms with van der Waals surface area (Å²) in [7, 11) is 0. The van der Waals surface area contributed by atoms with Gasteiger partial charge in [-0.3, -0.25) is 9.36 Å². The molecule has 2 aromatic heterocycles. The number of aryl methyl sites for hydroxylation is 2. The number of benzene rings is 2. The maximum atomic E-state index is 12.6. The Labute approximate surface area is 196 Å². The van der Waals surface area contributed by atoms with Gasteiger partial charge in [-0.25, -0.2) is 0 Å². The van der Waals surface area contributed by atoms with E-state index in [-0.39, 0.29) is 17.7 Å². The number of thiophene rings is 1. The summed E-state index contributed by atoms with van der Waals surface area (Å²) in [5.74, 6) is 1.12. The summed E-state index contributed by atoms with van der Waals surface area (Å²) in [4.78, 5) is 13.7. The second-order valence-corrected chi connectivity index (χ2v) is 9.70. The number of thioether (sulfide) groups is 1. The second kappa shape index (κ2) is 10.1. The molecule has 0 aliphatic carbocycles. The highest BCUT2D eigenvalue weighted by Gasteiger charge is 2.18. The van der Waals surface area contributed by atoms with Crippen molar-refractivity contribution in [3.8, 4) is 5.69 Å². The smallest absolute Gasteiger partial charge is 0.230 e. The van der Waals surface area contributed by atoms with E-state index in [9.17, 15) is 4.79 Å². The minimum atomic E-state index is -0.0179. The van der Waals surface area contributed by atoms with E-state index >= 15 is 0 Å². The van der Waals surface area contributed by atoms with Gasteiger partial charge in [0.2, 0.25) is 5.91 Å². The Hall–Kier alpha value is -2.90. The number of amides is 1. The highest BCUT2D eigenvalue weighted by Crippen LogP contribution is 2.26.